The normalized spacial score (nSPS) is 10.4. The second kappa shape index (κ2) is 8.30. The lowest BCUT2D eigenvalue weighted by Crippen LogP contribution is -2.31. The minimum absolute atomic E-state index is 0.0655. The van der Waals surface area contributed by atoms with Crippen LogP contribution < -0.4 is 5.32 Å². The zero-order valence-electron chi connectivity index (χ0n) is 15.1. The van der Waals surface area contributed by atoms with Gasteiger partial charge in [0, 0.05) is 30.7 Å². The average Bonchev–Trinajstić information content (AvgIpc) is 2.66. The number of aryl methyl sites for hydroxylation is 1. The molecule has 1 heterocycles. The lowest BCUT2D eigenvalue weighted by Gasteiger charge is -2.21. The van der Waals surface area contributed by atoms with Crippen molar-refractivity contribution in [3.05, 3.63) is 89.7 Å². The number of pyridine rings is 1. The smallest absolute Gasteiger partial charge is 0.272 e. The van der Waals surface area contributed by atoms with E-state index < -0.39 is 0 Å². The Morgan fingerprint density at radius 3 is 2.50 bits per heavy atom. The molecule has 0 aliphatic heterocycles. The van der Waals surface area contributed by atoms with E-state index in [4.69, 9.17) is 0 Å². The molecule has 3 aromatic rings. The number of nitrogens with one attached hydrogen (secondary N) is 1. The van der Waals surface area contributed by atoms with Gasteiger partial charge >= 0.3 is 0 Å². The molecule has 2 aromatic carbocycles. The van der Waals surface area contributed by atoms with Gasteiger partial charge < -0.3 is 10.2 Å². The number of hydrogen-bond donors (Lipinski definition) is 1. The highest BCUT2D eigenvalue weighted by Gasteiger charge is 2.16. The molecule has 3 rings (SSSR count). The van der Waals surface area contributed by atoms with E-state index in [-0.39, 0.29) is 5.91 Å². The predicted octanol–water partition coefficient (Wildman–Crippen LogP) is 4.80. The summed E-state index contributed by atoms with van der Waals surface area (Å²) < 4.78 is 0. The van der Waals surface area contributed by atoms with Crippen LogP contribution in [-0.4, -0.2) is 22.3 Å². The Kier molecular flexibility index (Phi) is 5.64. The van der Waals surface area contributed by atoms with E-state index >= 15 is 0 Å². The van der Waals surface area contributed by atoms with Gasteiger partial charge in [0.25, 0.3) is 5.91 Å². The molecule has 0 spiro atoms. The molecular weight excluding hydrogens is 322 g/mol. The number of benzene rings is 2. The van der Waals surface area contributed by atoms with Crippen LogP contribution in [0.2, 0.25) is 0 Å². The van der Waals surface area contributed by atoms with Crippen molar-refractivity contribution in [3.63, 3.8) is 0 Å². The highest BCUT2D eigenvalue weighted by Crippen LogP contribution is 2.19. The van der Waals surface area contributed by atoms with Gasteiger partial charge in [-0.15, -0.1) is 0 Å². The fourth-order valence-electron chi connectivity index (χ4n) is 2.81. The molecule has 0 radical (unpaired) electrons. The highest BCUT2D eigenvalue weighted by atomic mass is 16.2. The minimum Gasteiger partial charge on any atom is -0.355 e. The van der Waals surface area contributed by atoms with Gasteiger partial charge in [0.15, 0.2) is 0 Å². The summed E-state index contributed by atoms with van der Waals surface area (Å²) in [7, 11) is 0. The SMILES string of the molecule is CCN(Cc1ccccc1)C(=O)c1cc(Nc2cccc(C)c2)ccn1. The maximum absolute atomic E-state index is 12.9. The van der Waals surface area contributed by atoms with Crippen LogP contribution in [0.5, 0.6) is 0 Å². The fraction of sp³-hybridized carbons (Fsp3) is 0.182. The van der Waals surface area contributed by atoms with E-state index in [1.807, 2.05) is 55.5 Å². The van der Waals surface area contributed by atoms with Crippen LogP contribution in [-0.2, 0) is 6.54 Å². The molecule has 1 aromatic heterocycles. The van der Waals surface area contributed by atoms with Crippen molar-refractivity contribution in [3.8, 4) is 0 Å². The average molecular weight is 345 g/mol. The number of carbonyl (C=O) groups is 1. The quantitative estimate of drug-likeness (QED) is 0.698. The largest absolute Gasteiger partial charge is 0.355 e. The molecule has 4 heteroatoms. The van der Waals surface area contributed by atoms with Crippen LogP contribution in [0.25, 0.3) is 0 Å². The van der Waals surface area contributed by atoms with Crippen molar-refractivity contribution in [1.29, 1.82) is 0 Å². The Hall–Kier alpha value is -3.14. The first-order chi connectivity index (χ1) is 12.7. The van der Waals surface area contributed by atoms with Gasteiger partial charge in [0.1, 0.15) is 5.69 Å². The third-order valence-corrected chi connectivity index (χ3v) is 4.17. The number of hydrogen-bond acceptors (Lipinski definition) is 3. The highest BCUT2D eigenvalue weighted by molar-refractivity contribution is 5.93. The summed E-state index contributed by atoms with van der Waals surface area (Å²) in [6.07, 6.45) is 1.67. The van der Waals surface area contributed by atoms with Gasteiger partial charge in [0.2, 0.25) is 0 Å². The fourth-order valence-corrected chi connectivity index (χ4v) is 2.81. The lowest BCUT2D eigenvalue weighted by molar-refractivity contribution is 0.0746. The Morgan fingerprint density at radius 2 is 1.77 bits per heavy atom. The van der Waals surface area contributed by atoms with E-state index in [2.05, 4.69) is 29.4 Å². The van der Waals surface area contributed by atoms with Crippen LogP contribution in [0.3, 0.4) is 0 Å². The van der Waals surface area contributed by atoms with Crippen molar-refractivity contribution >= 4 is 17.3 Å². The summed E-state index contributed by atoms with van der Waals surface area (Å²) in [6, 6.07) is 21.8. The number of anilines is 2. The van der Waals surface area contributed by atoms with Crippen LogP contribution in [0.1, 0.15) is 28.5 Å². The maximum Gasteiger partial charge on any atom is 0.272 e. The number of carbonyl (C=O) groups excluding carboxylic acids is 1. The number of nitrogens with zero attached hydrogens (tertiary/aromatic N) is 2. The Morgan fingerprint density at radius 1 is 1.00 bits per heavy atom. The van der Waals surface area contributed by atoms with Gasteiger partial charge in [-0.25, -0.2) is 0 Å². The number of rotatable bonds is 6. The van der Waals surface area contributed by atoms with E-state index in [1.165, 1.54) is 5.56 Å². The first-order valence-corrected chi connectivity index (χ1v) is 8.78. The molecule has 1 amide bonds. The Bertz CT molecular complexity index is 877. The minimum atomic E-state index is -0.0655. The topological polar surface area (TPSA) is 45.2 Å². The molecule has 0 saturated carbocycles. The zero-order valence-corrected chi connectivity index (χ0v) is 15.1. The Balaban J connectivity index is 1.76. The lowest BCUT2D eigenvalue weighted by atomic mass is 10.2. The molecule has 0 atom stereocenters. The molecule has 132 valence electrons. The first-order valence-electron chi connectivity index (χ1n) is 8.78. The summed E-state index contributed by atoms with van der Waals surface area (Å²) in [5, 5.41) is 3.34. The van der Waals surface area contributed by atoms with Gasteiger partial charge in [-0.3, -0.25) is 9.78 Å². The second-order valence-electron chi connectivity index (χ2n) is 6.23. The van der Waals surface area contributed by atoms with Gasteiger partial charge in [-0.2, -0.15) is 0 Å². The summed E-state index contributed by atoms with van der Waals surface area (Å²) in [6.45, 7) is 5.24. The van der Waals surface area contributed by atoms with Crippen molar-refractivity contribution in [2.45, 2.75) is 20.4 Å². The van der Waals surface area contributed by atoms with Gasteiger partial charge in [0.05, 0.1) is 0 Å². The van der Waals surface area contributed by atoms with Gasteiger partial charge in [-0.05, 0) is 49.2 Å². The molecule has 4 nitrogen and oxygen atoms in total. The van der Waals surface area contributed by atoms with Crippen LogP contribution in [0.4, 0.5) is 11.4 Å². The molecular formula is C22H23N3O. The monoisotopic (exact) mass is 345 g/mol. The number of amides is 1. The summed E-state index contributed by atoms with van der Waals surface area (Å²) in [5.74, 6) is -0.0655. The molecule has 0 unspecified atom stereocenters. The summed E-state index contributed by atoms with van der Waals surface area (Å²) >= 11 is 0. The van der Waals surface area contributed by atoms with E-state index in [9.17, 15) is 4.79 Å². The molecule has 0 fully saturated rings. The zero-order chi connectivity index (χ0) is 18.4. The molecule has 0 aliphatic rings. The molecule has 0 saturated heterocycles. The van der Waals surface area contributed by atoms with E-state index in [0.29, 0.717) is 18.8 Å². The summed E-state index contributed by atoms with van der Waals surface area (Å²) in [4.78, 5) is 19.0. The third kappa shape index (κ3) is 4.48. The third-order valence-electron chi connectivity index (χ3n) is 4.17. The predicted molar refractivity (Wildman–Crippen MR) is 106 cm³/mol. The van der Waals surface area contributed by atoms with Crippen molar-refractivity contribution < 1.29 is 4.79 Å². The maximum atomic E-state index is 12.9. The van der Waals surface area contributed by atoms with Crippen molar-refractivity contribution in [1.82, 2.24) is 9.88 Å². The molecule has 26 heavy (non-hydrogen) atoms. The Labute approximate surface area is 154 Å². The summed E-state index contributed by atoms with van der Waals surface area (Å²) in [5.41, 5.74) is 4.58. The standard InChI is InChI=1S/C22H23N3O/c1-3-25(16-18-9-5-4-6-10-18)22(26)21-15-20(12-13-23-21)24-19-11-7-8-17(2)14-19/h4-15H,3,16H2,1-2H3,(H,23,24). The molecule has 0 bridgehead atoms. The van der Waals surface area contributed by atoms with E-state index in [0.717, 1.165) is 16.9 Å². The molecule has 0 aliphatic carbocycles. The van der Waals surface area contributed by atoms with Crippen LogP contribution in [0, 0.1) is 6.92 Å². The van der Waals surface area contributed by atoms with E-state index in [1.54, 1.807) is 17.2 Å². The van der Waals surface area contributed by atoms with Crippen LogP contribution >= 0.6 is 0 Å². The van der Waals surface area contributed by atoms with Crippen molar-refractivity contribution in [2.75, 3.05) is 11.9 Å². The van der Waals surface area contributed by atoms with Gasteiger partial charge in [-0.1, -0.05) is 42.5 Å². The van der Waals surface area contributed by atoms with Crippen LogP contribution in [0.15, 0.2) is 72.9 Å². The first kappa shape index (κ1) is 17.7. The van der Waals surface area contributed by atoms with Crippen molar-refractivity contribution in [2.24, 2.45) is 0 Å². The molecule has 1 N–H and O–H groups in total. The number of aromatic nitrogens is 1. The second-order valence-corrected chi connectivity index (χ2v) is 6.23.